The highest BCUT2D eigenvalue weighted by atomic mass is 32.2. The molecule has 0 spiro atoms. The Labute approximate surface area is 211 Å². The van der Waals surface area contributed by atoms with Crippen molar-refractivity contribution in [1.82, 2.24) is 4.90 Å². The molecule has 2 aromatic rings. The lowest BCUT2D eigenvalue weighted by Gasteiger charge is -2.33. The highest BCUT2D eigenvalue weighted by Gasteiger charge is 2.32. The molecule has 190 valence electrons. The number of hydrogen-bond acceptors (Lipinski definition) is 7. The van der Waals surface area contributed by atoms with Gasteiger partial charge in [0.1, 0.15) is 12.3 Å². The number of likely N-dealkylation sites (tertiary alicyclic amines) is 1. The molecule has 1 aliphatic rings. The van der Waals surface area contributed by atoms with Gasteiger partial charge in [0, 0.05) is 18.0 Å². The number of piperidine rings is 1. The van der Waals surface area contributed by atoms with Crippen LogP contribution < -0.4 is 9.04 Å². The van der Waals surface area contributed by atoms with Crippen LogP contribution in [-0.4, -0.2) is 64.3 Å². The third-order valence-corrected chi connectivity index (χ3v) is 8.36. The Bertz CT molecular complexity index is 1100. The number of nitrogens with zero attached hydrogens (tertiary/aromatic N) is 2. The Morgan fingerprint density at radius 1 is 1.00 bits per heavy atom. The van der Waals surface area contributed by atoms with E-state index in [4.69, 9.17) is 9.47 Å². The van der Waals surface area contributed by atoms with Crippen LogP contribution in [0.3, 0.4) is 0 Å². The van der Waals surface area contributed by atoms with Gasteiger partial charge >= 0.3 is 5.97 Å². The molecule has 1 saturated heterocycles. The molecule has 1 amide bonds. The number of benzene rings is 2. The maximum Gasteiger partial charge on any atom is 0.309 e. The fourth-order valence-electron chi connectivity index (χ4n) is 3.91. The van der Waals surface area contributed by atoms with Gasteiger partial charge in [0.05, 0.1) is 29.7 Å². The molecule has 0 saturated carbocycles. The predicted molar refractivity (Wildman–Crippen MR) is 136 cm³/mol. The van der Waals surface area contributed by atoms with Crippen LogP contribution in [0.1, 0.15) is 26.7 Å². The summed E-state index contributed by atoms with van der Waals surface area (Å²) in [6.07, 6.45) is 2.91. The summed E-state index contributed by atoms with van der Waals surface area (Å²) in [6, 6.07) is 13.3. The molecule has 1 heterocycles. The van der Waals surface area contributed by atoms with E-state index in [1.165, 1.54) is 11.8 Å². The maximum absolute atomic E-state index is 13.6. The first kappa shape index (κ1) is 26.9. The molecule has 0 aromatic heterocycles. The maximum atomic E-state index is 13.6. The molecule has 35 heavy (non-hydrogen) atoms. The van der Waals surface area contributed by atoms with E-state index in [1.54, 1.807) is 60.4 Å². The average molecular weight is 521 g/mol. The van der Waals surface area contributed by atoms with Crippen molar-refractivity contribution in [2.24, 2.45) is 5.92 Å². The summed E-state index contributed by atoms with van der Waals surface area (Å²) in [5.74, 6) is -0.178. The molecular formula is C25H32N2O6S2. The van der Waals surface area contributed by atoms with E-state index in [-0.39, 0.29) is 29.2 Å². The highest BCUT2D eigenvalue weighted by molar-refractivity contribution is 7.98. The van der Waals surface area contributed by atoms with Crippen LogP contribution in [0.25, 0.3) is 0 Å². The van der Waals surface area contributed by atoms with Gasteiger partial charge in [-0.1, -0.05) is 0 Å². The molecule has 1 aliphatic heterocycles. The summed E-state index contributed by atoms with van der Waals surface area (Å²) >= 11 is 1.52. The zero-order chi connectivity index (χ0) is 25.4. The van der Waals surface area contributed by atoms with Crippen molar-refractivity contribution in [3.63, 3.8) is 0 Å². The molecular weight excluding hydrogens is 488 g/mol. The molecule has 0 bridgehead atoms. The summed E-state index contributed by atoms with van der Waals surface area (Å²) in [4.78, 5) is 27.9. The third kappa shape index (κ3) is 6.70. The minimum atomic E-state index is -4.01. The lowest BCUT2D eigenvalue weighted by atomic mass is 9.97. The molecule has 0 atom stereocenters. The smallest absolute Gasteiger partial charge is 0.309 e. The molecule has 3 rings (SSSR count). The standard InChI is InChI=1S/C25H32N2O6S2/c1-4-32-21-8-6-20(7-9-21)27(35(30,31)23-12-10-22(34-3)11-13-23)18-24(28)26-16-14-19(15-17-26)25(29)33-5-2/h6-13,19H,4-5,14-18H2,1-3H3. The van der Waals surface area contributed by atoms with Gasteiger partial charge in [0.2, 0.25) is 5.91 Å². The number of ether oxygens (including phenoxy) is 2. The average Bonchev–Trinajstić information content (AvgIpc) is 2.88. The predicted octanol–water partition coefficient (Wildman–Crippen LogP) is 3.80. The lowest BCUT2D eigenvalue weighted by molar-refractivity contribution is -0.151. The molecule has 0 radical (unpaired) electrons. The molecule has 2 aromatic carbocycles. The van der Waals surface area contributed by atoms with E-state index < -0.39 is 10.0 Å². The van der Waals surface area contributed by atoms with Crippen molar-refractivity contribution in [1.29, 1.82) is 0 Å². The topological polar surface area (TPSA) is 93.2 Å². The van der Waals surface area contributed by atoms with Gasteiger partial charge in [-0.3, -0.25) is 13.9 Å². The number of rotatable bonds is 10. The molecule has 10 heteroatoms. The molecule has 1 fully saturated rings. The van der Waals surface area contributed by atoms with Crippen molar-refractivity contribution < 1.29 is 27.5 Å². The SMILES string of the molecule is CCOC(=O)C1CCN(C(=O)CN(c2ccc(OCC)cc2)S(=O)(=O)c2ccc(SC)cc2)CC1. The highest BCUT2D eigenvalue weighted by Crippen LogP contribution is 2.28. The van der Waals surface area contributed by atoms with E-state index >= 15 is 0 Å². The van der Waals surface area contributed by atoms with Crippen LogP contribution in [0.4, 0.5) is 5.69 Å². The van der Waals surface area contributed by atoms with E-state index in [9.17, 15) is 18.0 Å². The monoisotopic (exact) mass is 520 g/mol. The van der Waals surface area contributed by atoms with Gasteiger partial charge in [-0.25, -0.2) is 8.42 Å². The lowest BCUT2D eigenvalue weighted by Crippen LogP contribution is -2.46. The van der Waals surface area contributed by atoms with Gasteiger partial charge in [-0.05, 0) is 81.5 Å². The van der Waals surface area contributed by atoms with Crippen LogP contribution in [0.5, 0.6) is 5.75 Å². The Balaban J connectivity index is 1.83. The second kappa shape index (κ2) is 12.3. The summed E-state index contributed by atoms with van der Waals surface area (Å²) in [5.41, 5.74) is 0.372. The van der Waals surface area contributed by atoms with Crippen molar-refractivity contribution in [2.75, 3.05) is 43.4 Å². The number of esters is 1. The normalized spacial score (nSPS) is 14.4. The second-order valence-electron chi connectivity index (χ2n) is 8.02. The van der Waals surface area contributed by atoms with Gasteiger partial charge in [0.15, 0.2) is 0 Å². The number of sulfonamides is 1. The van der Waals surface area contributed by atoms with Crippen LogP contribution >= 0.6 is 11.8 Å². The van der Waals surface area contributed by atoms with Gasteiger partial charge in [-0.2, -0.15) is 0 Å². The Hall–Kier alpha value is -2.72. The second-order valence-corrected chi connectivity index (χ2v) is 10.8. The molecule has 0 unspecified atom stereocenters. The molecule has 8 nitrogen and oxygen atoms in total. The number of amides is 1. The number of hydrogen-bond donors (Lipinski definition) is 0. The van der Waals surface area contributed by atoms with E-state index in [0.717, 1.165) is 9.20 Å². The van der Waals surface area contributed by atoms with E-state index in [2.05, 4.69) is 0 Å². The van der Waals surface area contributed by atoms with Crippen molar-refractivity contribution >= 4 is 39.3 Å². The summed E-state index contributed by atoms with van der Waals surface area (Å²) < 4.78 is 39.0. The third-order valence-electron chi connectivity index (χ3n) is 5.83. The Morgan fingerprint density at radius 3 is 2.17 bits per heavy atom. The Kier molecular flexibility index (Phi) is 9.45. The first-order chi connectivity index (χ1) is 16.8. The molecule has 0 aliphatic carbocycles. The number of carbonyl (C=O) groups excluding carboxylic acids is 2. The first-order valence-corrected chi connectivity index (χ1v) is 14.3. The van der Waals surface area contributed by atoms with Crippen LogP contribution in [0, 0.1) is 5.92 Å². The minimum absolute atomic E-state index is 0.109. The quantitative estimate of drug-likeness (QED) is 0.347. The summed E-state index contributed by atoms with van der Waals surface area (Å²) in [7, 11) is -4.01. The van der Waals surface area contributed by atoms with Crippen molar-refractivity contribution in [3.8, 4) is 5.75 Å². The first-order valence-electron chi connectivity index (χ1n) is 11.6. The van der Waals surface area contributed by atoms with Crippen molar-refractivity contribution in [2.45, 2.75) is 36.5 Å². The van der Waals surface area contributed by atoms with Crippen LogP contribution in [0.15, 0.2) is 58.3 Å². The van der Waals surface area contributed by atoms with Crippen LogP contribution in [-0.2, 0) is 24.3 Å². The van der Waals surface area contributed by atoms with Gasteiger partial charge in [0.25, 0.3) is 10.0 Å². The largest absolute Gasteiger partial charge is 0.494 e. The fraction of sp³-hybridized carbons (Fsp3) is 0.440. The zero-order valence-corrected chi connectivity index (χ0v) is 21.9. The zero-order valence-electron chi connectivity index (χ0n) is 20.3. The minimum Gasteiger partial charge on any atom is -0.494 e. The summed E-state index contributed by atoms with van der Waals surface area (Å²) in [6.45, 7) is 4.86. The van der Waals surface area contributed by atoms with Gasteiger partial charge < -0.3 is 14.4 Å². The molecule has 0 N–H and O–H groups in total. The van der Waals surface area contributed by atoms with Gasteiger partial charge in [-0.15, -0.1) is 11.8 Å². The Morgan fingerprint density at radius 2 is 1.63 bits per heavy atom. The number of anilines is 1. The number of carbonyl (C=O) groups is 2. The van der Waals surface area contributed by atoms with Crippen molar-refractivity contribution in [3.05, 3.63) is 48.5 Å². The van der Waals surface area contributed by atoms with Crippen LogP contribution in [0.2, 0.25) is 0 Å². The van der Waals surface area contributed by atoms with E-state index in [1.807, 2.05) is 13.2 Å². The van der Waals surface area contributed by atoms with E-state index in [0.29, 0.717) is 50.6 Å². The fourth-order valence-corrected chi connectivity index (χ4v) is 5.74. The number of thioether (sulfide) groups is 1. The summed E-state index contributed by atoms with van der Waals surface area (Å²) in [5, 5.41) is 0.